The summed E-state index contributed by atoms with van der Waals surface area (Å²) in [4.78, 5) is 34.3. The summed E-state index contributed by atoms with van der Waals surface area (Å²) in [7, 11) is 0. The summed E-state index contributed by atoms with van der Waals surface area (Å²) in [5.41, 5.74) is 4.70. The maximum Gasteiger partial charge on any atom is 0.314 e. The number of rotatable bonds is 10. The molecule has 1 atom stereocenters. The number of primary amides is 1. The number of nitrogens with one attached hydrogen (secondary N) is 2. The van der Waals surface area contributed by atoms with Crippen molar-refractivity contribution in [3.05, 3.63) is 12.7 Å². The largest absolute Gasteiger partial charge is 0.481 e. The number of allylic oxidation sites excluding steroid dienone is 1. The van der Waals surface area contributed by atoms with E-state index in [1.807, 2.05) is 16.7 Å². The molecule has 0 aromatic heterocycles. The number of amides is 3. The zero-order valence-electron chi connectivity index (χ0n) is 14.4. The minimum atomic E-state index is -1.10. The van der Waals surface area contributed by atoms with Gasteiger partial charge in [-0.05, 0) is 19.3 Å². The third kappa shape index (κ3) is 15.3. The van der Waals surface area contributed by atoms with E-state index in [0.717, 1.165) is 19.3 Å². The number of nitrogens with two attached hydrogens (primary N) is 1. The van der Waals surface area contributed by atoms with E-state index in [4.69, 9.17) is 15.9 Å². The second-order valence-corrected chi connectivity index (χ2v) is 5.20. The molecule has 1 rings (SSSR count). The molecule has 1 unspecified atom stereocenters. The molecule has 0 aromatic carbocycles. The number of carbonyl (C=O) groups excluding carboxylic acids is 2. The van der Waals surface area contributed by atoms with Crippen LogP contribution in [0.4, 0.5) is 4.79 Å². The van der Waals surface area contributed by atoms with E-state index >= 15 is 0 Å². The quantitative estimate of drug-likeness (QED) is 0.210. The van der Waals surface area contributed by atoms with Gasteiger partial charge in [0.05, 0.1) is 0 Å². The molecule has 10 heteroatoms. The van der Waals surface area contributed by atoms with Gasteiger partial charge in [0.15, 0.2) is 0 Å². The first-order chi connectivity index (χ1) is 11.4. The number of nitrogens with zero attached hydrogens (tertiary/aromatic N) is 1. The summed E-state index contributed by atoms with van der Waals surface area (Å²) in [6.45, 7) is 3.66. The Bertz CT molecular complexity index is 471. The topological polar surface area (TPSA) is 154 Å². The molecule has 0 aliphatic carbocycles. The number of amidine groups is 1. The average Bonchev–Trinajstić information content (AvgIpc) is 2.79. The second-order valence-electron chi connectivity index (χ2n) is 5.20. The molecule has 1 aliphatic heterocycles. The summed E-state index contributed by atoms with van der Waals surface area (Å²) < 4.78 is 0. The minimum absolute atomic E-state index is 0. The first-order valence-corrected chi connectivity index (χ1v) is 7.83. The van der Waals surface area contributed by atoms with Gasteiger partial charge >= 0.3 is 12.0 Å². The number of unbranched alkanes of at least 4 members (excludes halogenated alkanes) is 6. The molecule has 0 saturated heterocycles. The molecule has 9 nitrogen and oxygen atoms in total. The van der Waals surface area contributed by atoms with Crippen LogP contribution in [-0.2, 0) is 29.1 Å². The molecular formula is C15H26N4O5Zn. The summed E-state index contributed by atoms with van der Waals surface area (Å²) in [6.07, 6.45) is 9.04. The fourth-order valence-corrected chi connectivity index (χ4v) is 1.90. The molecule has 0 aromatic rings. The Balaban J connectivity index is 0. The Morgan fingerprint density at radius 1 is 1.24 bits per heavy atom. The summed E-state index contributed by atoms with van der Waals surface area (Å²) in [6, 6.07) is -1.39. The van der Waals surface area contributed by atoms with Crippen molar-refractivity contribution >= 4 is 23.9 Å². The van der Waals surface area contributed by atoms with Gasteiger partial charge in [0, 0.05) is 25.9 Å². The van der Waals surface area contributed by atoms with Crippen LogP contribution in [0.3, 0.4) is 0 Å². The van der Waals surface area contributed by atoms with E-state index in [0.29, 0.717) is 6.42 Å². The molecule has 0 bridgehead atoms. The van der Waals surface area contributed by atoms with Crippen LogP contribution in [0.25, 0.3) is 0 Å². The van der Waals surface area contributed by atoms with E-state index in [9.17, 15) is 14.4 Å². The second kappa shape index (κ2) is 15.6. The van der Waals surface area contributed by atoms with E-state index in [2.05, 4.69) is 11.6 Å². The van der Waals surface area contributed by atoms with Gasteiger partial charge in [-0.3, -0.25) is 14.9 Å². The number of hydrogen-bond acceptors (Lipinski definition) is 4. The van der Waals surface area contributed by atoms with Crippen molar-refractivity contribution < 1.29 is 44.1 Å². The van der Waals surface area contributed by atoms with Crippen molar-refractivity contribution in [1.29, 1.82) is 0 Å². The third-order valence-electron chi connectivity index (χ3n) is 3.06. The van der Waals surface area contributed by atoms with Gasteiger partial charge in [0.25, 0.3) is 11.9 Å². The van der Waals surface area contributed by atoms with Gasteiger partial charge in [-0.2, -0.15) is 4.99 Å². The zero-order valence-corrected chi connectivity index (χ0v) is 17.3. The van der Waals surface area contributed by atoms with E-state index in [1.54, 1.807) is 0 Å². The normalized spacial score (nSPS) is 15.0. The molecule has 0 spiro atoms. The van der Waals surface area contributed by atoms with Crippen molar-refractivity contribution in [2.24, 2.45) is 10.7 Å². The van der Waals surface area contributed by atoms with Gasteiger partial charge in [-0.15, -0.1) is 6.58 Å². The predicted molar refractivity (Wildman–Crippen MR) is 89.5 cm³/mol. The predicted octanol–water partition coefficient (Wildman–Crippen LogP) is 1.40. The molecule has 6 N–H and O–H groups in total. The molecule has 3 amide bonds. The summed E-state index contributed by atoms with van der Waals surface area (Å²) >= 11 is 0. The summed E-state index contributed by atoms with van der Waals surface area (Å²) in [5.74, 6) is -1.28. The number of hydrogen-bond donors (Lipinski definition) is 5. The number of carbonyl (C=O) groups is 3. The summed E-state index contributed by atoms with van der Waals surface area (Å²) in [5, 5.41) is 21.0. The average molecular weight is 408 g/mol. The van der Waals surface area contributed by atoms with Crippen LogP contribution in [0.2, 0.25) is 0 Å². The SMILES string of the molecule is C=CCCCCCCCCC(=O)O.NC(=O)NC1N=C(O)NC1=O.[Zn]. The smallest absolute Gasteiger partial charge is 0.314 e. The molecular weight excluding hydrogens is 382 g/mol. The Kier molecular flexibility index (Phi) is 15.7. The first kappa shape index (κ1) is 25.3. The van der Waals surface area contributed by atoms with E-state index < -0.39 is 30.1 Å². The number of aliphatic hydroxyl groups excluding tert-OH is 1. The van der Waals surface area contributed by atoms with Gasteiger partial charge in [0.1, 0.15) is 0 Å². The molecule has 1 aliphatic rings. The van der Waals surface area contributed by atoms with Gasteiger partial charge in [-0.1, -0.05) is 31.8 Å². The minimum Gasteiger partial charge on any atom is -0.481 e. The van der Waals surface area contributed by atoms with E-state index in [1.165, 1.54) is 25.7 Å². The molecule has 0 fully saturated rings. The Hall–Kier alpha value is -1.96. The fourth-order valence-electron chi connectivity index (χ4n) is 1.90. The Morgan fingerprint density at radius 3 is 2.24 bits per heavy atom. The Labute approximate surface area is 159 Å². The van der Waals surface area contributed by atoms with Crippen LogP contribution < -0.4 is 16.4 Å². The Morgan fingerprint density at radius 2 is 1.80 bits per heavy atom. The van der Waals surface area contributed by atoms with Crippen molar-refractivity contribution in [2.75, 3.05) is 0 Å². The molecule has 1 heterocycles. The van der Waals surface area contributed by atoms with Crippen molar-refractivity contribution in [3.63, 3.8) is 0 Å². The number of aliphatic imine (C=N–C) groups is 1. The number of aliphatic hydroxyl groups is 1. The first-order valence-electron chi connectivity index (χ1n) is 7.83. The molecule has 25 heavy (non-hydrogen) atoms. The van der Waals surface area contributed by atoms with Crippen LogP contribution in [0.5, 0.6) is 0 Å². The third-order valence-corrected chi connectivity index (χ3v) is 3.06. The van der Waals surface area contributed by atoms with Gasteiger partial charge in [-0.25, -0.2) is 4.79 Å². The van der Waals surface area contributed by atoms with Crippen LogP contribution in [0, 0.1) is 0 Å². The molecule has 138 valence electrons. The number of carboxylic acids is 1. The van der Waals surface area contributed by atoms with Crippen LogP contribution in [0.15, 0.2) is 17.6 Å². The van der Waals surface area contributed by atoms with Crippen LogP contribution in [0.1, 0.15) is 51.4 Å². The monoisotopic (exact) mass is 406 g/mol. The maximum atomic E-state index is 10.7. The van der Waals surface area contributed by atoms with Gasteiger partial charge < -0.3 is 21.3 Å². The molecule has 0 saturated carbocycles. The number of carboxylic acid groups (broad SMARTS) is 1. The van der Waals surface area contributed by atoms with Gasteiger partial charge in [0.2, 0.25) is 6.17 Å². The number of aliphatic carboxylic acids is 1. The van der Waals surface area contributed by atoms with Crippen molar-refractivity contribution in [2.45, 2.75) is 57.5 Å². The zero-order chi connectivity index (χ0) is 18.4. The van der Waals surface area contributed by atoms with Crippen molar-refractivity contribution in [1.82, 2.24) is 10.6 Å². The number of urea groups is 1. The van der Waals surface area contributed by atoms with Crippen LogP contribution in [-0.4, -0.2) is 40.3 Å². The van der Waals surface area contributed by atoms with E-state index in [-0.39, 0.29) is 19.5 Å². The fraction of sp³-hybridized carbons (Fsp3) is 0.600. The van der Waals surface area contributed by atoms with Crippen LogP contribution >= 0.6 is 0 Å². The molecule has 0 radical (unpaired) electrons. The maximum absolute atomic E-state index is 10.7. The standard InChI is InChI=1S/C11H20O2.C4H6N4O3.Zn/c1-2-3-4-5-6-7-8-9-10-11(12)13;5-3(10)6-1-2(9)8-4(11)7-1;/h2H,1,3-10H2,(H,12,13);1H,(H3,5,6,10)(H2,7,8,9,11);. The van der Waals surface area contributed by atoms with Crippen molar-refractivity contribution in [3.8, 4) is 0 Å².